The second-order valence-corrected chi connectivity index (χ2v) is 3.79. The van der Waals surface area contributed by atoms with Gasteiger partial charge in [0.25, 0.3) is 0 Å². The molecule has 0 radical (unpaired) electrons. The van der Waals surface area contributed by atoms with Gasteiger partial charge in [-0.3, -0.25) is 0 Å². The van der Waals surface area contributed by atoms with E-state index in [1.807, 2.05) is 30.3 Å². The fourth-order valence-electron chi connectivity index (χ4n) is 1.87. The van der Waals surface area contributed by atoms with E-state index < -0.39 is 0 Å². The highest BCUT2D eigenvalue weighted by atomic mass is 16.3. The Balaban J connectivity index is 2.33. The molecule has 0 bridgehead atoms. The van der Waals surface area contributed by atoms with Gasteiger partial charge in [-0.25, -0.2) is 9.97 Å². The summed E-state index contributed by atoms with van der Waals surface area (Å²) >= 11 is 0. The summed E-state index contributed by atoms with van der Waals surface area (Å²) in [6.45, 7) is 0. The van der Waals surface area contributed by atoms with Crippen molar-refractivity contribution in [2.45, 2.75) is 0 Å². The van der Waals surface area contributed by atoms with Crippen LogP contribution in [0.2, 0.25) is 0 Å². The van der Waals surface area contributed by atoms with Crippen molar-refractivity contribution in [2.24, 2.45) is 0 Å². The maximum absolute atomic E-state index is 9.55. The molecule has 82 valence electrons. The Morgan fingerprint density at radius 3 is 2.53 bits per heavy atom. The van der Waals surface area contributed by atoms with Crippen LogP contribution in [0.15, 0.2) is 54.9 Å². The van der Waals surface area contributed by atoms with Crippen LogP contribution in [0.25, 0.3) is 22.2 Å². The van der Waals surface area contributed by atoms with Crippen LogP contribution in [0.1, 0.15) is 0 Å². The zero-order chi connectivity index (χ0) is 11.7. The Hall–Kier alpha value is -2.42. The smallest absolute Gasteiger partial charge is 0.116 e. The summed E-state index contributed by atoms with van der Waals surface area (Å²) in [5.41, 5.74) is 2.69. The molecule has 3 rings (SSSR count). The number of phenolic OH excluding ortho intramolecular Hbond substituents is 1. The molecule has 0 spiro atoms. The Morgan fingerprint density at radius 2 is 1.71 bits per heavy atom. The number of aromatic hydroxyl groups is 1. The van der Waals surface area contributed by atoms with Gasteiger partial charge in [-0.1, -0.05) is 30.3 Å². The average Bonchev–Trinajstić information content (AvgIpc) is 2.39. The SMILES string of the molecule is Oc1ccc2ncnc(-c3ccccc3)c2c1. The van der Waals surface area contributed by atoms with E-state index >= 15 is 0 Å². The Kier molecular flexibility index (Phi) is 2.22. The van der Waals surface area contributed by atoms with Crippen LogP contribution >= 0.6 is 0 Å². The molecule has 1 heterocycles. The number of phenols is 1. The van der Waals surface area contributed by atoms with Crippen LogP contribution in [0.4, 0.5) is 0 Å². The fourth-order valence-corrected chi connectivity index (χ4v) is 1.87. The van der Waals surface area contributed by atoms with E-state index in [-0.39, 0.29) is 5.75 Å². The lowest BCUT2D eigenvalue weighted by molar-refractivity contribution is 0.476. The van der Waals surface area contributed by atoms with Crippen molar-refractivity contribution in [3.8, 4) is 17.0 Å². The van der Waals surface area contributed by atoms with Crippen molar-refractivity contribution in [3.63, 3.8) is 0 Å². The molecule has 3 aromatic rings. The fraction of sp³-hybridized carbons (Fsp3) is 0. The van der Waals surface area contributed by atoms with Gasteiger partial charge in [-0.2, -0.15) is 0 Å². The number of aromatic nitrogens is 2. The molecular weight excluding hydrogens is 212 g/mol. The molecule has 0 saturated heterocycles. The van der Waals surface area contributed by atoms with E-state index in [1.54, 1.807) is 24.5 Å². The summed E-state index contributed by atoms with van der Waals surface area (Å²) in [6.07, 6.45) is 1.54. The van der Waals surface area contributed by atoms with Gasteiger partial charge in [-0.05, 0) is 18.2 Å². The molecule has 0 unspecified atom stereocenters. The van der Waals surface area contributed by atoms with Gasteiger partial charge < -0.3 is 5.11 Å². The summed E-state index contributed by atoms with van der Waals surface area (Å²) in [5, 5.41) is 10.4. The predicted molar refractivity (Wildman–Crippen MR) is 66.6 cm³/mol. The molecular formula is C14H10N2O. The molecule has 0 aliphatic heterocycles. The third kappa shape index (κ3) is 1.72. The highest BCUT2D eigenvalue weighted by molar-refractivity contribution is 5.92. The van der Waals surface area contributed by atoms with Gasteiger partial charge in [0.15, 0.2) is 0 Å². The van der Waals surface area contributed by atoms with Crippen molar-refractivity contribution in [1.29, 1.82) is 0 Å². The molecule has 17 heavy (non-hydrogen) atoms. The second-order valence-electron chi connectivity index (χ2n) is 3.79. The number of hydrogen-bond donors (Lipinski definition) is 1. The molecule has 3 nitrogen and oxygen atoms in total. The Morgan fingerprint density at radius 1 is 0.882 bits per heavy atom. The standard InChI is InChI=1S/C14H10N2O/c17-11-6-7-13-12(8-11)14(16-9-15-13)10-4-2-1-3-5-10/h1-9,17H. The first kappa shape index (κ1) is 9.78. The first-order valence-electron chi connectivity index (χ1n) is 5.34. The molecule has 2 aromatic carbocycles. The highest BCUT2D eigenvalue weighted by Crippen LogP contribution is 2.27. The van der Waals surface area contributed by atoms with Gasteiger partial charge in [-0.15, -0.1) is 0 Å². The lowest BCUT2D eigenvalue weighted by atomic mass is 10.1. The number of benzene rings is 2. The van der Waals surface area contributed by atoms with Gasteiger partial charge in [0.1, 0.15) is 12.1 Å². The Labute approximate surface area is 98.4 Å². The van der Waals surface area contributed by atoms with Crippen LogP contribution in [0.5, 0.6) is 5.75 Å². The minimum atomic E-state index is 0.226. The largest absolute Gasteiger partial charge is 0.508 e. The monoisotopic (exact) mass is 222 g/mol. The maximum Gasteiger partial charge on any atom is 0.116 e. The van der Waals surface area contributed by atoms with E-state index in [4.69, 9.17) is 0 Å². The van der Waals surface area contributed by atoms with E-state index in [0.29, 0.717) is 0 Å². The summed E-state index contributed by atoms with van der Waals surface area (Å²) in [6, 6.07) is 15.0. The molecule has 0 aliphatic carbocycles. The van der Waals surface area contributed by atoms with E-state index in [9.17, 15) is 5.11 Å². The average molecular weight is 222 g/mol. The zero-order valence-corrected chi connectivity index (χ0v) is 9.04. The van der Waals surface area contributed by atoms with Crippen molar-refractivity contribution in [3.05, 3.63) is 54.9 Å². The summed E-state index contributed by atoms with van der Waals surface area (Å²) in [7, 11) is 0. The van der Waals surface area contributed by atoms with Gasteiger partial charge in [0.2, 0.25) is 0 Å². The summed E-state index contributed by atoms with van der Waals surface area (Å²) < 4.78 is 0. The van der Waals surface area contributed by atoms with Gasteiger partial charge >= 0.3 is 0 Å². The van der Waals surface area contributed by atoms with Crippen LogP contribution in [-0.4, -0.2) is 15.1 Å². The van der Waals surface area contributed by atoms with Crippen molar-refractivity contribution in [1.82, 2.24) is 9.97 Å². The molecule has 0 atom stereocenters. The minimum absolute atomic E-state index is 0.226. The van der Waals surface area contributed by atoms with Crippen molar-refractivity contribution >= 4 is 10.9 Å². The van der Waals surface area contributed by atoms with Gasteiger partial charge in [0, 0.05) is 10.9 Å². The third-order valence-corrected chi connectivity index (χ3v) is 2.67. The van der Waals surface area contributed by atoms with E-state index in [0.717, 1.165) is 22.2 Å². The normalized spacial score (nSPS) is 10.6. The topological polar surface area (TPSA) is 46.0 Å². The molecule has 1 N–H and O–H groups in total. The number of nitrogens with zero attached hydrogens (tertiary/aromatic N) is 2. The van der Waals surface area contributed by atoms with Crippen LogP contribution in [0.3, 0.4) is 0 Å². The van der Waals surface area contributed by atoms with E-state index in [2.05, 4.69) is 9.97 Å². The molecule has 1 aromatic heterocycles. The van der Waals surface area contributed by atoms with Crippen LogP contribution in [0, 0.1) is 0 Å². The zero-order valence-electron chi connectivity index (χ0n) is 9.04. The minimum Gasteiger partial charge on any atom is -0.508 e. The number of hydrogen-bond acceptors (Lipinski definition) is 3. The van der Waals surface area contributed by atoms with E-state index in [1.165, 1.54) is 0 Å². The first-order valence-corrected chi connectivity index (χ1v) is 5.34. The number of fused-ring (bicyclic) bond motifs is 1. The van der Waals surface area contributed by atoms with Gasteiger partial charge in [0.05, 0.1) is 11.2 Å². The molecule has 0 fully saturated rings. The lowest BCUT2D eigenvalue weighted by Crippen LogP contribution is -1.88. The molecule has 3 heteroatoms. The number of rotatable bonds is 1. The predicted octanol–water partition coefficient (Wildman–Crippen LogP) is 3.00. The maximum atomic E-state index is 9.55. The summed E-state index contributed by atoms with van der Waals surface area (Å²) in [4.78, 5) is 8.48. The molecule has 0 amide bonds. The third-order valence-electron chi connectivity index (χ3n) is 2.67. The van der Waals surface area contributed by atoms with Crippen molar-refractivity contribution < 1.29 is 5.11 Å². The van der Waals surface area contributed by atoms with Crippen LogP contribution in [-0.2, 0) is 0 Å². The quantitative estimate of drug-likeness (QED) is 0.688. The lowest BCUT2D eigenvalue weighted by Gasteiger charge is -2.05. The highest BCUT2D eigenvalue weighted by Gasteiger charge is 2.06. The Bertz CT molecular complexity index is 665. The van der Waals surface area contributed by atoms with Crippen LogP contribution < -0.4 is 0 Å². The first-order chi connectivity index (χ1) is 8.34. The van der Waals surface area contributed by atoms with Crippen molar-refractivity contribution in [2.75, 3.05) is 0 Å². The summed E-state index contributed by atoms with van der Waals surface area (Å²) in [5.74, 6) is 0.226. The second kappa shape index (κ2) is 3.87. The molecule has 0 saturated carbocycles. The molecule has 0 aliphatic rings.